The van der Waals surface area contributed by atoms with E-state index in [1.165, 1.54) is 11.1 Å². The summed E-state index contributed by atoms with van der Waals surface area (Å²) in [5.41, 5.74) is 2.54. The summed E-state index contributed by atoms with van der Waals surface area (Å²) in [5.74, 6) is 1.54. The van der Waals surface area contributed by atoms with Gasteiger partial charge in [0.25, 0.3) is 0 Å². The molecule has 2 aromatic rings. The molecule has 0 bridgehead atoms. The number of alkyl halides is 1. The average molecular weight is 327 g/mol. The van der Waals surface area contributed by atoms with Crippen molar-refractivity contribution in [1.29, 1.82) is 0 Å². The van der Waals surface area contributed by atoms with Gasteiger partial charge in [0.1, 0.15) is 0 Å². The van der Waals surface area contributed by atoms with Gasteiger partial charge in [-0.15, -0.1) is 0 Å². The molecule has 4 heteroatoms. The second kappa shape index (κ2) is 6.25. The van der Waals surface area contributed by atoms with Crippen molar-refractivity contribution >= 4 is 27.3 Å². The molecule has 0 radical (unpaired) electrons. The van der Waals surface area contributed by atoms with Crippen LogP contribution in [0.1, 0.15) is 16.0 Å². The first-order valence-corrected chi connectivity index (χ1v) is 7.47. The standard InChI is InChI=1S/C14H15BrO2S/c1-16-13-4-3-10(8-14(13)17-2)7-12(15)11-5-6-18-9-11/h3-6,8-9,12H,7H2,1-2H3. The Morgan fingerprint density at radius 2 is 1.94 bits per heavy atom. The van der Waals surface area contributed by atoms with Crippen LogP contribution in [0, 0.1) is 0 Å². The molecule has 1 unspecified atom stereocenters. The molecule has 0 spiro atoms. The van der Waals surface area contributed by atoms with Crippen LogP contribution in [0.4, 0.5) is 0 Å². The van der Waals surface area contributed by atoms with E-state index >= 15 is 0 Å². The number of ether oxygens (including phenoxy) is 2. The number of hydrogen-bond acceptors (Lipinski definition) is 3. The molecule has 96 valence electrons. The van der Waals surface area contributed by atoms with E-state index < -0.39 is 0 Å². The van der Waals surface area contributed by atoms with Gasteiger partial charge in [-0.25, -0.2) is 0 Å². The number of hydrogen-bond donors (Lipinski definition) is 0. The van der Waals surface area contributed by atoms with Crippen molar-refractivity contribution in [2.75, 3.05) is 14.2 Å². The van der Waals surface area contributed by atoms with Gasteiger partial charge in [0.2, 0.25) is 0 Å². The van der Waals surface area contributed by atoms with E-state index in [0.717, 1.165) is 17.9 Å². The van der Waals surface area contributed by atoms with Crippen molar-refractivity contribution in [3.8, 4) is 11.5 Å². The molecular weight excluding hydrogens is 312 g/mol. The van der Waals surface area contributed by atoms with Gasteiger partial charge in [-0.1, -0.05) is 22.0 Å². The maximum atomic E-state index is 5.31. The Labute approximate surface area is 120 Å². The lowest BCUT2D eigenvalue weighted by Crippen LogP contribution is -1.96. The lowest BCUT2D eigenvalue weighted by Gasteiger charge is -2.12. The fraction of sp³-hybridized carbons (Fsp3) is 0.286. The van der Waals surface area contributed by atoms with Gasteiger partial charge in [0, 0.05) is 4.83 Å². The molecular formula is C14H15BrO2S. The molecule has 2 rings (SSSR count). The number of benzene rings is 1. The SMILES string of the molecule is COc1ccc(CC(Br)c2ccsc2)cc1OC. The normalized spacial score (nSPS) is 12.2. The van der Waals surface area contributed by atoms with Crippen molar-refractivity contribution in [3.63, 3.8) is 0 Å². The van der Waals surface area contributed by atoms with Crippen molar-refractivity contribution < 1.29 is 9.47 Å². The van der Waals surface area contributed by atoms with Crippen LogP contribution in [0.25, 0.3) is 0 Å². The molecule has 1 atom stereocenters. The first-order valence-electron chi connectivity index (χ1n) is 5.61. The van der Waals surface area contributed by atoms with Gasteiger partial charge in [-0.3, -0.25) is 0 Å². The molecule has 1 heterocycles. The highest BCUT2D eigenvalue weighted by Gasteiger charge is 2.11. The van der Waals surface area contributed by atoms with Crippen LogP contribution in [-0.4, -0.2) is 14.2 Å². The van der Waals surface area contributed by atoms with E-state index in [1.54, 1.807) is 25.6 Å². The maximum absolute atomic E-state index is 5.31. The Balaban J connectivity index is 2.14. The van der Waals surface area contributed by atoms with Crippen LogP contribution in [0.15, 0.2) is 35.0 Å². The lowest BCUT2D eigenvalue weighted by atomic mass is 10.1. The molecule has 18 heavy (non-hydrogen) atoms. The number of rotatable bonds is 5. The van der Waals surface area contributed by atoms with Gasteiger partial charge in [0.15, 0.2) is 11.5 Å². The zero-order valence-corrected chi connectivity index (χ0v) is 12.8. The van der Waals surface area contributed by atoms with E-state index in [2.05, 4.69) is 38.8 Å². The quantitative estimate of drug-likeness (QED) is 0.756. The average Bonchev–Trinajstić information content (AvgIpc) is 2.92. The highest BCUT2D eigenvalue weighted by molar-refractivity contribution is 9.09. The third-order valence-corrected chi connectivity index (χ3v) is 4.32. The number of halogens is 1. The smallest absolute Gasteiger partial charge is 0.160 e. The Hall–Kier alpha value is -1.00. The zero-order valence-electron chi connectivity index (χ0n) is 10.4. The third-order valence-electron chi connectivity index (χ3n) is 2.77. The predicted octanol–water partition coefficient (Wildman–Crippen LogP) is 4.44. The Kier molecular flexibility index (Phi) is 4.66. The van der Waals surface area contributed by atoms with E-state index in [9.17, 15) is 0 Å². The van der Waals surface area contributed by atoms with Crippen molar-refractivity contribution in [2.24, 2.45) is 0 Å². The Bertz CT molecular complexity index is 497. The largest absolute Gasteiger partial charge is 0.493 e. The van der Waals surface area contributed by atoms with Crippen molar-refractivity contribution in [2.45, 2.75) is 11.2 Å². The molecule has 0 saturated carbocycles. The molecule has 0 aliphatic carbocycles. The van der Waals surface area contributed by atoms with Crippen LogP contribution < -0.4 is 9.47 Å². The molecule has 0 aliphatic rings. The number of thiophene rings is 1. The molecule has 1 aromatic heterocycles. The number of methoxy groups -OCH3 is 2. The molecule has 1 aromatic carbocycles. The summed E-state index contributed by atoms with van der Waals surface area (Å²) in [4.78, 5) is 0.335. The van der Waals surface area contributed by atoms with Crippen LogP contribution in [0.5, 0.6) is 11.5 Å². The van der Waals surface area contributed by atoms with Crippen LogP contribution in [0.2, 0.25) is 0 Å². The first kappa shape index (κ1) is 13.4. The highest BCUT2D eigenvalue weighted by Crippen LogP contribution is 2.32. The van der Waals surface area contributed by atoms with E-state index in [0.29, 0.717) is 4.83 Å². The van der Waals surface area contributed by atoms with Crippen LogP contribution in [0.3, 0.4) is 0 Å². The summed E-state index contributed by atoms with van der Waals surface area (Å²) in [5, 5.41) is 4.26. The van der Waals surface area contributed by atoms with Gasteiger partial charge >= 0.3 is 0 Å². The molecule has 0 aliphatic heterocycles. The van der Waals surface area contributed by atoms with E-state index in [4.69, 9.17) is 9.47 Å². The first-order chi connectivity index (χ1) is 8.74. The van der Waals surface area contributed by atoms with Crippen molar-refractivity contribution in [1.82, 2.24) is 0 Å². The molecule has 0 N–H and O–H groups in total. The topological polar surface area (TPSA) is 18.5 Å². The summed E-state index contributed by atoms with van der Waals surface area (Å²) >= 11 is 5.44. The van der Waals surface area contributed by atoms with Gasteiger partial charge in [-0.05, 0) is 46.5 Å². The predicted molar refractivity (Wildman–Crippen MR) is 79.2 cm³/mol. The van der Waals surface area contributed by atoms with Gasteiger partial charge < -0.3 is 9.47 Å². The highest BCUT2D eigenvalue weighted by atomic mass is 79.9. The summed E-state index contributed by atoms with van der Waals surface area (Å²) in [6, 6.07) is 8.19. The lowest BCUT2D eigenvalue weighted by molar-refractivity contribution is 0.354. The Morgan fingerprint density at radius 3 is 2.56 bits per heavy atom. The zero-order chi connectivity index (χ0) is 13.0. The Morgan fingerprint density at radius 1 is 1.17 bits per heavy atom. The summed E-state index contributed by atoms with van der Waals surface area (Å²) < 4.78 is 10.5. The second-order valence-electron chi connectivity index (χ2n) is 3.92. The second-order valence-corrected chi connectivity index (χ2v) is 5.80. The molecule has 0 saturated heterocycles. The fourth-order valence-corrected chi connectivity index (χ4v) is 3.33. The molecule has 0 amide bonds. The van der Waals surface area contributed by atoms with Gasteiger partial charge in [-0.2, -0.15) is 11.3 Å². The van der Waals surface area contributed by atoms with E-state index in [1.807, 2.05) is 12.1 Å². The fourth-order valence-electron chi connectivity index (χ4n) is 1.79. The van der Waals surface area contributed by atoms with E-state index in [-0.39, 0.29) is 0 Å². The monoisotopic (exact) mass is 326 g/mol. The van der Waals surface area contributed by atoms with Crippen LogP contribution in [-0.2, 0) is 6.42 Å². The molecule has 0 fully saturated rings. The summed E-state index contributed by atoms with van der Waals surface area (Å²) in [6.07, 6.45) is 0.928. The minimum atomic E-state index is 0.335. The van der Waals surface area contributed by atoms with Gasteiger partial charge in [0.05, 0.1) is 14.2 Å². The minimum absolute atomic E-state index is 0.335. The third kappa shape index (κ3) is 3.06. The molecule has 2 nitrogen and oxygen atoms in total. The summed E-state index contributed by atoms with van der Waals surface area (Å²) in [6.45, 7) is 0. The minimum Gasteiger partial charge on any atom is -0.493 e. The maximum Gasteiger partial charge on any atom is 0.160 e. The van der Waals surface area contributed by atoms with Crippen molar-refractivity contribution in [3.05, 3.63) is 46.2 Å². The summed E-state index contributed by atoms with van der Waals surface area (Å²) in [7, 11) is 3.31. The van der Waals surface area contributed by atoms with Crippen LogP contribution >= 0.6 is 27.3 Å².